The van der Waals surface area contributed by atoms with Crippen molar-refractivity contribution in [2.45, 2.75) is 46.3 Å². The van der Waals surface area contributed by atoms with Gasteiger partial charge in [0.05, 0.1) is 36.3 Å². The van der Waals surface area contributed by atoms with Crippen LogP contribution in [0.3, 0.4) is 0 Å². The van der Waals surface area contributed by atoms with E-state index in [4.69, 9.17) is 17.8 Å². The van der Waals surface area contributed by atoms with Crippen molar-refractivity contribution in [3.05, 3.63) is 93.3 Å². The molecule has 16 heteroatoms. The van der Waals surface area contributed by atoms with E-state index in [0.29, 0.717) is 5.56 Å². The Morgan fingerprint density at radius 3 is 1.98 bits per heavy atom. The normalized spacial score (nSPS) is 16.6. The Morgan fingerprint density at radius 2 is 1.50 bits per heavy atom. The number of hydrogen-bond acceptors (Lipinski definition) is 11. The molecule has 1 aliphatic rings. The van der Waals surface area contributed by atoms with Gasteiger partial charge in [0.15, 0.2) is 5.76 Å². The largest absolute Gasteiger partial charge is 0.487 e. The average Bonchev–Trinajstić information content (AvgIpc) is 3.01. The molecule has 2 aromatic carbocycles. The van der Waals surface area contributed by atoms with E-state index in [1.165, 1.54) is 16.8 Å². The van der Waals surface area contributed by atoms with Crippen molar-refractivity contribution in [1.82, 2.24) is 9.80 Å². The smallest absolute Gasteiger partial charge is 0.340 e. The molecular formula is C32H41BrN2O11S2. The molecule has 13 nitrogen and oxygen atoms in total. The summed E-state index contributed by atoms with van der Waals surface area (Å²) in [4.78, 5) is 29.5. The molecule has 264 valence electrons. The number of carboxylic acids is 1. The first-order valence-corrected chi connectivity index (χ1v) is 19.2. The van der Waals surface area contributed by atoms with Gasteiger partial charge in [-0.15, -0.1) is 0 Å². The molecule has 1 amide bonds. The number of hydrogen-bond donors (Lipinski definition) is 1. The van der Waals surface area contributed by atoms with Gasteiger partial charge < -0.3 is 24.4 Å². The first-order valence-electron chi connectivity index (χ1n) is 14.8. The lowest BCUT2D eigenvalue weighted by molar-refractivity contribution is -0.134. The molecule has 0 saturated heterocycles. The van der Waals surface area contributed by atoms with Crippen molar-refractivity contribution in [1.29, 1.82) is 0 Å². The lowest BCUT2D eigenvalue weighted by Gasteiger charge is -2.40. The van der Waals surface area contributed by atoms with E-state index in [-0.39, 0.29) is 48.8 Å². The minimum atomic E-state index is -4.20. The SMILES string of the molecule is CCN1C(C(=O)N(C)CC(OCc2ccccc2)C(C)(C)COS(C)(=O)=O)=C(Br)C(C(=O)O)=C(OCc2ccccc2)C1OS(C)(=O)=O. The minimum absolute atomic E-state index is 0.0108. The summed E-state index contributed by atoms with van der Waals surface area (Å²) in [6.07, 6.45) is -0.662. The molecule has 0 bridgehead atoms. The van der Waals surface area contributed by atoms with Gasteiger partial charge in [-0.1, -0.05) is 74.5 Å². The van der Waals surface area contributed by atoms with E-state index in [1.807, 2.05) is 30.3 Å². The quantitative estimate of drug-likeness (QED) is 0.231. The topological polar surface area (TPSA) is 166 Å². The van der Waals surface area contributed by atoms with Crippen LogP contribution >= 0.6 is 15.9 Å². The summed E-state index contributed by atoms with van der Waals surface area (Å²) in [6.45, 7) is 4.81. The maximum atomic E-state index is 14.2. The number of aliphatic carboxylic acids is 1. The van der Waals surface area contributed by atoms with Gasteiger partial charge in [0.2, 0.25) is 6.23 Å². The van der Waals surface area contributed by atoms with Gasteiger partial charge >= 0.3 is 5.97 Å². The van der Waals surface area contributed by atoms with Crippen LogP contribution in [-0.2, 0) is 60.9 Å². The number of carbonyl (C=O) groups is 2. The summed E-state index contributed by atoms with van der Waals surface area (Å²) in [5, 5.41) is 10.3. The van der Waals surface area contributed by atoms with E-state index in [9.17, 15) is 31.5 Å². The second-order valence-corrected chi connectivity index (χ2v) is 15.9. The van der Waals surface area contributed by atoms with Gasteiger partial charge in [0.1, 0.15) is 17.9 Å². The lowest BCUT2D eigenvalue weighted by Crippen LogP contribution is -2.51. The fourth-order valence-electron chi connectivity index (χ4n) is 4.78. The summed E-state index contributed by atoms with van der Waals surface area (Å²) in [7, 11) is -6.53. The molecule has 0 fully saturated rings. The third-order valence-electron chi connectivity index (χ3n) is 7.33. The second kappa shape index (κ2) is 16.4. The zero-order valence-corrected chi connectivity index (χ0v) is 30.8. The van der Waals surface area contributed by atoms with E-state index < -0.39 is 55.4 Å². The molecule has 0 aliphatic carbocycles. The van der Waals surface area contributed by atoms with Crippen molar-refractivity contribution in [2.24, 2.45) is 5.41 Å². The Hall–Kier alpha value is -3.28. The molecule has 1 heterocycles. The Morgan fingerprint density at radius 1 is 0.958 bits per heavy atom. The Balaban J connectivity index is 2.05. The van der Waals surface area contributed by atoms with Crippen molar-refractivity contribution >= 4 is 48.0 Å². The fourth-order valence-corrected chi connectivity index (χ4v) is 6.58. The highest BCUT2D eigenvalue weighted by Crippen LogP contribution is 2.39. The van der Waals surface area contributed by atoms with Gasteiger partial charge in [0, 0.05) is 25.6 Å². The third-order valence-corrected chi connectivity index (χ3v) is 9.18. The highest BCUT2D eigenvalue weighted by atomic mass is 79.9. The molecule has 3 rings (SSSR count). The Kier molecular flexibility index (Phi) is 13.4. The number of amides is 1. The number of likely N-dealkylation sites (N-methyl/N-ethyl adjacent to an activating group) is 2. The van der Waals surface area contributed by atoms with Crippen LogP contribution in [0.15, 0.2) is 82.2 Å². The number of halogens is 1. The second-order valence-electron chi connectivity index (χ2n) is 11.8. The van der Waals surface area contributed by atoms with E-state index in [0.717, 1.165) is 18.1 Å². The summed E-state index contributed by atoms with van der Waals surface area (Å²) in [6, 6.07) is 18.1. The van der Waals surface area contributed by atoms with Crippen LogP contribution in [0.25, 0.3) is 0 Å². The van der Waals surface area contributed by atoms with Gasteiger partial charge in [-0.25, -0.2) is 8.98 Å². The molecule has 48 heavy (non-hydrogen) atoms. The highest BCUT2D eigenvalue weighted by molar-refractivity contribution is 9.12. The summed E-state index contributed by atoms with van der Waals surface area (Å²) >= 11 is 3.31. The third kappa shape index (κ3) is 10.9. The van der Waals surface area contributed by atoms with Crippen LogP contribution in [0.1, 0.15) is 31.9 Å². The maximum absolute atomic E-state index is 14.2. The Labute approximate surface area is 290 Å². The first-order chi connectivity index (χ1) is 22.3. The summed E-state index contributed by atoms with van der Waals surface area (Å²) in [5.41, 5.74) is -0.0978. The van der Waals surface area contributed by atoms with Crippen LogP contribution in [-0.4, -0.2) is 95.2 Å². The summed E-state index contributed by atoms with van der Waals surface area (Å²) in [5.74, 6) is -2.49. The molecule has 1 N–H and O–H groups in total. The molecule has 0 spiro atoms. The van der Waals surface area contributed by atoms with Gasteiger partial charge in [-0.2, -0.15) is 16.8 Å². The number of carbonyl (C=O) groups excluding carboxylic acids is 1. The number of benzene rings is 2. The molecule has 2 aromatic rings. The number of carboxylic acid groups (broad SMARTS) is 1. The van der Waals surface area contributed by atoms with Crippen LogP contribution in [0.5, 0.6) is 0 Å². The number of ether oxygens (including phenoxy) is 2. The van der Waals surface area contributed by atoms with Crippen molar-refractivity contribution in [3.8, 4) is 0 Å². The highest BCUT2D eigenvalue weighted by Gasteiger charge is 2.44. The van der Waals surface area contributed by atoms with Crippen LogP contribution in [0.2, 0.25) is 0 Å². The lowest BCUT2D eigenvalue weighted by atomic mass is 9.87. The molecule has 0 aromatic heterocycles. The average molecular weight is 774 g/mol. The van der Waals surface area contributed by atoms with E-state index in [1.54, 1.807) is 51.1 Å². The predicted molar refractivity (Wildman–Crippen MR) is 181 cm³/mol. The summed E-state index contributed by atoms with van der Waals surface area (Å²) < 4.78 is 71.1. The van der Waals surface area contributed by atoms with E-state index in [2.05, 4.69) is 15.9 Å². The zero-order chi connectivity index (χ0) is 35.9. The first kappa shape index (κ1) is 39.2. The molecule has 2 atom stereocenters. The zero-order valence-electron chi connectivity index (χ0n) is 27.6. The van der Waals surface area contributed by atoms with Crippen LogP contribution < -0.4 is 0 Å². The van der Waals surface area contributed by atoms with E-state index >= 15 is 0 Å². The molecule has 0 saturated carbocycles. The number of nitrogens with zero attached hydrogens (tertiary/aromatic N) is 2. The monoisotopic (exact) mass is 772 g/mol. The molecule has 1 aliphatic heterocycles. The van der Waals surface area contributed by atoms with Crippen LogP contribution in [0.4, 0.5) is 0 Å². The molecular weight excluding hydrogens is 732 g/mol. The minimum Gasteiger partial charge on any atom is -0.487 e. The predicted octanol–water partition coefficient (Wildman–Crippen LogP) is 3.83. The number of rotatable bonds is 17. The van der Waals surface area contributed by atoms with Gasteiger partial charge in [-0.05, 0) is 34.0 Å². The fraction of sp³-hybridized carbons (Fsp3) is 0.438. The van der Waals surface area contributed by atoms with Crippen molar-refractivity contribution in [3.63, 3.8) is 0 Å². The van der Waals surface area contributed by atoms with Gasteiger partial charge in [-0.3, -0.25) is 8.98 Å². The molecule has 0 radical (unpaired) electrons. The van der Waals surface area contributed by atoms with Crippen LogP contribution in [0, 0.1) is 5.41 Å². The van der Waals surface area contributed by atoms with Crippen molar-refractivity contribution in [2.75, 3.05) is 39.3 Å². The molecule has 2 unspecified atom stereocenters. The Bertz CT molecular complexity index is 1730. The maximum Gasteiger partial charge on any atom is 0.340 e. The standard InChI is InChI=1S/C32H41BrN2O11S2/c1-7-35-27(26(33)25(31(37)38)28(30(35)46-48(6,41)42)44-20-23-16-12-9-13-17-23)29(36)34(4)18-24(32(2,3)21-45-47(5,39)40)43-19-22-14-10-8-11-15-22/h8-17,24,30H,7,18-21H2,1-6H3,(H,37,38). The van der Waals surface area contributed by atoms with Crippen molar-refractivity contribution < 1.29 is 49.4 Å². The van der Waals surface area contributed by atoms with Gasteiger partial charge in [0.25, 0.3) is 26.1 Å².